The molecule has 0 N–H and O–H groups in total. The first kappa shape index (κ1) is 22.0. The fourth-order valence-electron chi connectivity index (χ4n) is 2.99. The van der Waals surface area contributed by atoms with Crippen molar-refractivity contribution in [3.63, 3.8) is 0 Å². The zero-order valence-electron chi connectivity index (χ0n) is 16.9. The molecule has 0 atom stereocenters. The highest BCUT2D eigenvalue weighted by Gasteiger charge is 2.37. The summed E-state index contributed by atoms with van der Waals surface area (Å²) in [6, 6.07) is 7.44. The van der Waals surface area contributed by atoms with E-state index in [0.29, 0.717) is 5.69 Å². The topological polar surface area (TPSA) is 38.2 Å². The first-order valence-electron chi connectivity index (χ1n) is 9.66. The molecule has 4 nitrogen and oxygen atoms in total. The molecule has 0 aliphatic carbocycles. The Balaban J connectivity index is 2.40. The normalized spacial score (nSPS) is 11.7. The van der Waals surface area contributed by atoms with Crippen molar-refractivity contribution in [2.45, 2.75) is 65.2 Å². The number of halogens is 3. The van der Waals surface area contributed by atoms with E-state index in [9.17, 15) is 13.2 Å². The van der Waals surface area contributed by atoms with Gasteiger partial charge in [0.25, 0.3) is 0 Å². The molecule has 28 heavy (non-hydrogen) atoms. The third kappa shape index (κ3) is 5.84. The third-order valence-electron chi connectivity index (χ3n) is 4.36. The van der Waals surface area contributed by atoms with Crippen LogP contribution < -0.4 is 9.64 Å². The van der Waals surface area contributed by atoms with E-state index >= 15 is 0 Å². The summed E-state index contributed by atoms with van der Waals surface area (Å²) in [5.41, 5.74) is 0.824. The Morgan fingerprint density at radius 2 is 1.82 bits per heavy atom. The van der Waals surface area contributed by atoms with Gasteiger partial charge in [0.1, 0.15) is 5.56 Å². The van der Waals surface area contributed by atoms with E-state index in [1.807, 2.05) is 24.3 Å². The van der Waals surface area contributed by atoms with Crippen LogP contribution in [-0.4, -0.2) is 23.1 Å². The minimum atomic E-state index is -4.56. The zero-order chi connectivity index (χ0) is 20.7. The Bertz CT molecular complexity index is 763. The number of alkyl halides is 3. The van der Waals surface area contributed by atoms with Gasteiger partial charge in [0.15, 0.2) is 5.82 Å². The number of ether oxygens (including phenoxy) is 1. The highest BCUT2D eigenvalue weighted by Crippen LogP contribution is 2.38. The lowest BCUT2D eigenvalue weighted by molar-refractivity contribution is -0.137. The maximum absolute atomic E-state index is 13.6. The summed E-state index contributed by atoms with van der Waals surface area (Å²) in [5, 5.41) is 0. The van der Waals surface area contributed by atoms with Gasteiger partial charge in [-0.15, -0.1) is 0 Å². The smallest absolute Gasteiger partial charge is 0.421 e. The summed E-state index contributed by atoms with van der Waals surface area (Å²) < 4.78 is 46.1. The zero-order valence-corrected chi connectivity index (χ0v) is 16.9. The molecule has 0 saturated carbocycles. The average molecular weight is 395 g/mol. The lowest BCUT2D eigenvalue weighted by Crippen LogP contribution is -2.21. The molecule has 0 radical (unpaired) electrons. The van der Waals surface area contributed by atoms with Gasteiger partial charge in [-0.05, 0) is 38.3 Å². The highest BCUT2D eigenvalue weighted by molar-refractivity contribution is 5.66. The van der Waals surface area contributed by atoms with E-state index in [2.05, 4.69) is 16.9 Å². The van der Waals surface area contributed by atoms with E-state index < -0.39 is 11.7 Å². The second-order valence-corrected chi connectivity index (χ2v) is 7.05. The molecule has 1 aromatic carbocycles. The Morgan fingerprint density at radius 1 is 1.11 bits per heavy atom. The molecular weight excluding hydrogens is 367 g/mol. The van der Waals surface area contributed by atoms with Gasteiger partial charge >= 0.3 is 12.2 Å². The number of hydrogen-bond donors (Lipinski definition) is 0. The first-order chi connectivity index (χ1) is 13.2. The Labute approximate surface area is 164 Å². The van der Waals surface area contributed by atoms with Gasteiger partial charge in [-0.3, -0.25) is 0 Å². The van der Waals surface area contributed by atoms with Gasteiger partial charge in [-0.1, -0.05) is 44.4 Å². The molecule has 0 aliphatic heterocycles. The third-order valence-corrected chi connectivity index (χ3v) is 4.36. The minimum Gasteiger partial charge on any atom is -0.461 e. The second-order valence-electron chi connectivity index (χ2n) is 7.05. The number of anilines is 2. The molecule has 0 spiro atoms. The van der Waals surface area contributed by atoms with Crippen LogP contribution in [0.25, 0.3) is 0 Å². The number of nitrogens with zero attached hydrogens (tertiary/aromatic N) is 3. The van der Waals surface area contributed by atoms with Crippen LogP contribution in [0.5, 0.6) is 6.01 Å². The van der Waals surface area contributed by atoms with Crippen molar-refractivity contribution in [3.8, 4) is 6.01 Å². The number of para-hydroxylation sites is 1. The Kier molecular flexibility index (Phi) is 7.66. The van der Waals surface area contributed by atoms with Crippen LogP contribution >= 0.6 is 0 Å². The molecule has 1 aromatic heterocycles. The molecule has 2 rings (SSSR count). The summed E-state index contributed by atoms with van der Waals surface area (Å²) in [7, 11) is 1.60. The molecule has 7 heteroatoms. The maximum atomic E-state index is 13.6. The van der Waals surface area contributed by atoms with E-state index in [4.69, 9.17) is 4.74 Å². The number of rotatable bonds is 9. The number of benzene rings is 1. The SMILES string of the molecule is CCCCCCc1ccccc1N(C)c1nc(OC(C)C)ncc1C(F)(F)F. The molecule has 1 heterocycles. The van der Waals surface area contributed by atoms with E-state index in [-0.39, 0.29) is 17.9 Å². The van der Waals surface area contributed by atoms with Gasteiger partial charge in [-0.2, -0.15) is 18.2 Å². The number of aryl methyl sites for hydroxylation is 1. The van der Waals surface area contributed by atoms with Crippen molar-refractivity contribution in [1.29, 1.82) is 0 Å². The summed E-state index contributed by atoms with van der Waals surface area (Å²) >= 11 is 0. The fourth-order valence-corrected chi connectivity index (χ4v) is 2.99. The first-order valence-corrected chi connectivity index (χ1v) is 9.66. The molecule has 0 amide bonds. The van der Waals surface area contributed by atoms with Crippen molar-refractivity contribution in [1.82, 2.24) is 9.97 Å². The van der Waals surface area contributed by atoms with Crippen LogP contribution in [-0.2, 0) is 12.6 Å². The summed E-state index contributed by atoms with van der Waals surface area (Å²) in [6.45, 7) is 5.69. The van der Waals surface area contributed by atoms with E-state index in [1.165, 1.54) is 4.90 Å². The minimum absolute atomic E-state index is 0.0646. The predicted molar refractivity (Wildman–Crippen MR) is 105 cm³/mol. The fraction of sp³-hybridized carbons (Fsp3) is 0.524. The molecule has 0 saturated heterocycles. The van der Waals surface area contributed by atoms with E-state index in [1.54, 1.807) is 20.9 Å². The second kappa shape index (κ2) is 9.75. The van der Waals surface area contributed by atoms with Gasteiger partial charge in [0.05, 0.1) is 6.10 Å². The van der Waals surface area contributed by atoms with Crippen molar-refractivity contribution in [2.75, 3.05) is 11.9 Å². The van der Waals surface area contributed by atoms with Crippen LogP contribution in [0, 0.1) is 0 Å². The van der Waals surface area contributed by atoms with Crippen LogP contribution in [0.4, 0.5) is 24.7 Å². The summed E-state index contributed by atoms with van der Waals surface area (Å²) in [5.74, 6) is -0.209. The maximum Gasteiger partial charge on any atom is 0.421 e. The van der Waals surface area contributed by atoms with Crippen molar-refractivity contribution >= 4 is 11.5 Å². The molecule has 2 aromatic rings. The standard InChI is InChI=1S/C21H28F3N3O/c1-5-6-7-8-11-16-12-9-10-13-18(16)27(4)19-17(21(22,23)24)14-25-20(26-19)28-15(2)3/h9-10,12-15H,5-8,11H2,1-4H3. The van der Waals surface area contributed by atoms with Crippen molar-refractivity contribution in [2.24, 2.45) is 0 Å². The lowest BCUT2D eigenvalue weighted by atomic mass is 10.0. The van der Waals surface area contributed by atoms with Gasteiger partial charge in [0, 0.05) is 18.9 Å². The quantitative estimate of drug-likeness (QED) is 0.476. The average Bonchev–Trinajstić information content (AvgIpc) is 2.63. The number of hydrogen-bond acceptors (Lipinski definition) is 4. The predicted octanol–water partition coefficient (Wildman–Crippen LogP) is 6.17. The largest absolute Gasteiger partial charge is 0.461 e. The Morgan fingerprint density at radius 3 is 2.46 bits per heavy atom. The molecule has 0 fully saturated rings. The number of unbranched alkanes of at least 4 members (excludes halogenated alkanes) is 3. The molecule has 0 unspecified atom stereocenters. The lowest BCUT2D eigenvalue weighted by Gasteiger charge is -2.25. The Hall–Kier alpha value is -2.31. The molecule has 0 aliphatic rings. The molecular formula is C21H28F3N3O. The van der Waals surface area contributed by atoms with Crippen molar-refractivity contribution < 1.29 is 17.9 Å². The molecule has 154 valence electrons. The van der Waals surface area contributed by atoms with Crippen LogP contribution in [0.15, 0.2) is 30.5 Å². The number of aromatic nitrogens is 2. The van der Waals surface area contributed by atoms with Gasteiger partial charge < -0.3 is 9.64 Å². The molecule has 0 bridgehead atoms. The van der Waals surface area contributed by atoms with Crippen LogP contribution in [0.3, 0.4) is 0 Å². The van der Waals surface area contributed by atoms with Gasteiger partial charge in [0.2, 0.25) is 0 Å². The van der Waals surface area contributed by atoms with E-state index in [0.717, 1.165) is 43.9 Å². The monoisotopic (exact) mass is 395 g/mol. The van der Waals surface area contributed by atoms with Crippen molar-refractivity contribution in [3.05, 3.63) is 41.6 Å². The highest BCUT2D eigenvalue weighted by atomic mass is 19.4. The van der Waals surface area contributed by atoms with Crippen LogP contribution in [0.1, 0.15) is 57.6 Å². The van der Waals surface area contributed by atoms with Crippen LogP contribution in [0.2, 0.25) is 0 Å². The van der Waals surface area contributed by atoms with Gasteiger partial charge in [-0.25, -0.2) is 4.98 Å². The summed E-state index contributed by atoms with van der Waals surface area (Å²) in [4.78, 5) is 9.29. The summed E-state index contributed by atoms with van der Waals surface area (Å²) in [6.07, 6.45) is 1.19.